The topological polar surface area (TPSA) is 79.8 Å². The zero-order chi connectivity index (χ0) is 15.7. The summed E-state index contributed by atoms with van der Waals surface area (Å²) < 4.78 is 11.0. The molecule has 1 aromatic carbocycles. The van der Waals surface area contributed by atoms with Crippen LogP contribution >= 0.6 is 0 Å². The number of aliphatic hydroxyl groups is 1. The summed E-state index contributed by atoms with van der Waals surface area (Å²) in [5.74, 6) is 0.460. The number of ether oxygens (including phenoxy) is 2. The number of carbonyl (C=O) groups excluding carboxylic acids is 1. The van der Waals surface area contributed by atoms with Crippen LogP contribution in [0.1, 0.15) is 25.3 Å². The maximum Gasteiger partial charge on any atom is 0.319 e. The summed E-state index contributed by atoms with van der Waals surface area (Å²) in [6, 6.07) is 7.25. The first-order chi connectivity index (χ1) is 10.5. The van der Waals surface area contributed by atoms with Gasteiger partial charge in [0.1, 0.15) is 18.3 Å². The van der Waals surface area contributed by atoms with Crippen molar-refractivity contribution in [1.82, 2.24) is 5.32 Å². The summed E-state index contributed by atoms with van der Waals surface area (Å²) in [5.41, 5.74) is 1.97. The van der Waals surface area contributed by atoms with Gasteiger partial charge in [0.25, 0.3) is 0 Å². The molecule has 2 heterocycles. The van der Waals surface area contributed by atoms with Crippen LogP contribution in [0.15, 0.2) is 24.3 Å². The zero-order valence-corrected chi connectivity index (χ0v) is 12.8. The average molecular weight is 306 g/mol. The van der Waals surface area contributed by atoms with Crippen molar-refractivity contribution in [3.05, 3.63) is 29.8 Å². The molecule has 0 radical (unpaired) electrons. The highest BCUT2D eigenvalue weighted by Crippen LogP contribution is 2.27. The van der Waals surface area contributed by atoms with Crippen molar-refractivity contribution >= 4 is 11.7 Å². The fourth-order valence-corrected chi connectivity index (χ4v) is 2.89. The van der Waals surface area contributed by atoms with Crippen molar-refractivity contribution in [3.8, 4) is 0 Å². The Balaban J connectivity index is 1.54. The Hall–Kier alpha value is -1.63. The van der Waals surface area contributed by atoms with Gasteiger partial charge in [-0.15, -0.1) is 0 Å². The molecule has 6 heteroatoms. The van der Waals surface area contributed by atoms with Gasteiger partial charge in [0.05, 0.1) is 19.3 Å². The molecular weight excluding hydrogens is 284 g/mol. The van der Waals surface area contributed by atoms with Crippen LogP contribution in [0.2, 0.25) is 0 Å². The molecule has 2 fully saturated rings. The van der Waals surface area contributed by atoms with Gasteiger partial charge in [0, 0.05) is 5.69 Å². The third kappa shape index (κ3) is 3.09. The number of aliphatic hydroxyl groups excluding tert-OH is 1. The van der Waals surface area contributed by atoms with Gasteiger partial charge in [-0.1, -0.05) is 26.0 Å². The van der Waals surface area contributed by atoms with Gasteiger partial charge < -0.3 is 25.2 Å². The number of anilines is 1. The average Bonchev–Trinajstić information content (AvgIpc) is 3.04. The maximum atomic E-state index is 12.1. The quantitative estimate of drug-likeness (QED) is 0.790. The molecule has 0 aliphatic carbocycles. The molecule has 0 saturated carbocycles. The molecular formula is C16H22N2O4. The second-order valence-electron chi connectivity index (χ2n) is 6.14. The molecule has 0 unspecified atom stereocenters. The van der Waals surface area contributed by atoms with Gasteiger partial charge >= 0.3 is 6.03 Å². The number of rotatable bonds is 3. The van der Waals surface area contributed by atoms with Gasteiger partial charge in [0.15, 0.2) is 0 Å². The Morgan fingerprint density at radius 2 is 1.86 bits per heavy atom. The highest BCUT2D eigenvalue weighted by atomic mass is 16.6. The Bertz CT molecular complexity index is 531. The van der Waals surface area contributed by atoms with E-state index >= 15 is 0 Å². The van der Waals surface area contributed by atoms with E-state index in [9.17, 15) is 9.90 Å². The van der Waals surface area contributed by atoms with Crippen LogP contribution in [0.4, 0.5) is 10.5 Å². The summed E-state index contributed by atoms with van der Waals surface area (Å²) in [6.45, 7) is 4.86. The standard InChI is InChI=1S/C16H22N2O4/c1-9(2)10-3-5-11(6-4-10)17-16(20)18-12-7-21-15-13(19)8-22-14(12)15/h3-6,9,12-15,19H,7-8H2,1-2H3,(H2,17,18,20)/t12-,13+,14+,15+/m0/s1. The minimum absolute atomic E-state index is 0.239. The lowest BCUT2D eigenvalue weighted by atomic mass is 10.0. The highest BCUT2D eigenvalue weighted by Gasteiger charge is 2.47. The number of carbonyl (C=O) groups is 1. The lowest BCUT2D eigenvalue weighted by Crippen LogP contribution is -2.46. The van der Waals surface area contributed by atoms with Gasteiger partial charge in [-0.3, -0.25) is 0 Å². The Morgan fingerprint density at radius 3 is 2.55 bits per heavy atom. The first-order valence-corrected chi connectivity index (χ1v) is 7.63. The molecule has 1 aromatic rings. The monoisotopic (exact) mass is 306 g/mol. The van der Waals surface area contributed by atoms with E-state index in [0.29, 0.717) is 12.5 Å². The van der Waals surface area contributed by atoms with Crippen LogP contribution in [0.5, 0.6) is 0 Å². The lowest BCUT2D eigenvalue weighted by Gasteiger charge is -2.18. The first kappa shape index (κ1) is 15.3. The molecule has 3 rings (SSSR count). The van der Waals surface area contributed by atoms with Crippen LogP contribution in [0, 0.1) is 0 Å². The highest BCUT2D eigenvalue weighted by molar-refractivity contribution is 5.89. The molecule has 6 nitrogen and oxygen atoms in total. The molecule has 4 atom stereocenters. The van der Waals surface area contributed by atoms with Gasteiger partial charge in [0.2, 0.25) is 0 Å². The predicted molar refractivity (Wildman–Crippen MR) is 82.0 cm³/mol. The van der Waals surface area contributed by atoms with Crippen molar-refractivity contribution < 1.29 is 19.4 Å². The number of hydrogen-bond donors (Lipinski definition) is 3. The van der Waals surface area contributed by atoms with Crippen LogP contribution in [0.25, 0.3) is 0 Å². The number of benzene rings is 1. The molecule has 22 heavy (non-hydrogen) atoms. The maximum absolute atomic E-state index is 12.1. The summed E-state index contributed by atoms with van der Waals surface area (Å²) in [5, 5.41) is 15.3. The van der Waals surface area contributed by atoms with Gasteiger partial charge in [-0.2, -0.15) is 0 Å². The fraction of sp³-hybridized carbons (Fsp3) is 0.562. The zero-order valence-electron chi connectivity index (χ0n) is 12.8. The largest absolute Gasteiger partial charge is 0.388 e. The summed E-state index contributed by atoms with van der Waals surface area (Å²) >= 11 is 0. The van der Waals surface area contributed by atoms with Crippen molar-refractivity contribution in [1.29, 1.82) is 0 Å². The first-order valence-electron chi connectivity index (χ1n) is 7.63. The number of fused-ring (bicyclic) bond motifs is 1. The van der Waals surface area contributed by atoms with E-state index in [-0.39, 0.29) is 30.9 Å². The smallest absolute Gasteiger partial charge is 0.319 e. The van der Waals surface area contributed by atoms with Gasteiger partial charge in [-0.05, 0) is 23.6 Å². The fourth-order valence-electron chi connectivity index (χ4n) is 2.89. The van der Waals surface area contributed by atoms with Gasteiger partial charge in [-0.25, -0.2) is 4.79 Å². The molecule has 0 spiro atoms. The Labute approximate surface area is 129 Å². The third-order valence-electron chi connectivity index (χ3n) is 4.18. The van der Waals surface area contributed by atoms with Crippen LogP contribution < -0.4 is 10.6 Å². The van der Waals surface area contributed by atoms with Crippen LogP contribution in [-0.4, -0.2) is 48.7 Å². The van der Waals surface area contributed by atoms with Crippen molar-refractivity contribution in [2.45, 2.75) is 44.1 Å². The molecule has 0 aromatic heterocycles. The number of amides is 2. The van der Waals surface area contributed by atoms with E-state index in [1.165, 1.54) is 5.56 Å². The normalized spacial score (nSPS) is 30.4. The molecule has 2 amide bonds. The van der Waals surface area contributed by atoms with E-state index in [2.05, 4.69) is 24.5 Å². The number of nitrogens with one attached hydrogen (secondary N) is 2. The second kappa shape index (κ2) is 6.24. The molecule has 3 N–H and O–H groups in total. The van der Waals surface area contributed by atoms with E-state index in [0.717, 1.165) is 5.69 Å². The molecule has 0 bridgehead atoms. The minimum atomic E-state index is -0.608. The number of urea groups is 1. The number of hydrogen-bond acceptors (Lipinski definition) is 4. The Morgan fingerprint density at radius 1 is 1.18 bits per heavy atom. The molecule has 2 saturated heterocycles. The van der Waals surface area contributed by atoms with E-state index in [4.69, 9.17) is 9.47 Å². The third-order valence-corrected chi connectivity index (χ3v) is 4.18. The summed E-state index contributed by atoms with van der Waals surface area (Å²) in [4.78, 5) is 12.1. The molecule has 2 aliphatic rings. The minimum Gasteiger partial charge on any atom is -0.388 e. The predicted octanol–water partition coefficient (Wildman–Crippen LogP) is 1.46. The lowest BCUT2D eigenvalue weighted by molar-refractivity contribution is 0.0180. The van der Waals surface area contributed by atoms with Crippen molar-refractivity contribution in [2.24, 2.45) is 0 Å². The van der Waals surface area contributed by atoms with Crippen molar-refractivity contribution in [2.75, 3.05) is 18.5 Å². The van der Waals surface area contributed by atoms with E-state index in [1.807, 2.05) is 24.3 Å². The van der Waals surface area contributed by atoms with E-state index < -0.39 is 6.10 Å². The van der Waals surface area contributed by atoms with Crippen molar-refractivity contribution in [3.63, 3.8) is 0 Å². The SMILES string of the molecule is CC(C)c1ccc(NC(=O)N[C@H]2CO[C@H]3[C@@H]2OC[C@H]3O)cc1. The second-order valence-corrected chi connectivity index (χ2v) is 6.14. The van der Waals surface area contributed by atoms with Crippen LogP contribution in [0.3, 0.4) is 0 Å². The Kier molecular flexibility index (Phi) is 4.33. The summed E-state index contributed by atoms with van der Waals surface area (Å²) in [7, 11) is 0. The van der Waals surface area contributed by atoms with Crippen LogP contribution in [-0.2, 0) is 9.47 Å². The molecule has 120 valence electrons. The van der Waals surface area contributed by atoms with E-state index in [1.54, 1.807) is 0 Å². The summed E-state index contributed by atoms with van der Waals surface area (Å²) in [6.07, 6.45) is -1.22. The molecule has 2 aliphatic heterocycles.